The number of hydrogen-bond acceptors (Lipinski definition) is 6. The zero-order valence-electron chi connectivity index (χ0n) is 15.8. The Kier molecular flexibility index (Phi) is 7.91. The molecule has 0 aromatic heterocycles. The second kappa shape index (κ2) is 10.4. The predicted octanol–water partition coefficient (Wildman–Crippen LogP) is 2.92. The maximum atomic E-state index is 12.6. The number of nitrogens with zero attached hydrogens (tertiary/aromatic N) is 2. The molecule has 1 fully saturated rings. The van der Waals surface area contributed by atoms with Crippen molar-refractivity contribution in [1.82, 2.24) is 9.80 Å². The zero-order chi connectivity index (χ0) is 19.6. The van der Waals surface area contributed by atoms with Crippen LogP contribution in [0.5, 0.6) is 5.75 Å². The Hall–Kier alpha value is -2.77. The summed E-state index contributed by atoms with van der Waals surface area (Å²) in [5.74, 6) is 0.182. The largest absolute Gasteiger partial charge is 0.513 e. The van der Waals surface area contributed by atoms with Crippen LogP contribution in [0, 0.1) is 0 Å². The highest BCUT2D eigenvalue weighted by molar-refractivity contribution is 5.94. The van der Waals surface area contributed by atoms with Gasteiger partial charge in [-0.15, -0.1) is 0 Å². The van der Waals surface area contributed by atoms with E-state index in [9.17, 15) is 14.4 Å². The summed E-state index contributed by atoms with van der Waals surface area (Å²) in [6.45, 7) is 6.16. The Balaban J connectivity index is 1.83. The molecule has 1 aliphatic heterocycles. The number of benzene rings is 1. The topological polar surface area (TPSA) is 85.4 Å². The summed E-state index contributed by atoms with van der Waals surface area (Å²) in [4.78, 5) is 39.1. The Morgan fingerprint density at radius 1 is 0.926 bits per heavy atom. The third-order valence-corrected chi connectivity index (χ3v) is 4.11. The Morgan fingerprint density at radius 2 is 1.56 bits per heavy atom. The van der Waals surface area contributed by atoms with E-state index in [0.29, 0.717) is 44.1 Å². The van der Waals surface area contributed by atoms with Gasteiger partial charge in [-0.1, -0.05) is 13.3 Å². The molecule has 148 valence electrons. The Morgan fingerprint density at radius 3 is 2.15 bits per heavy atom. The minimum absolute atomic E-state index is 0.128. The van der Waals surface area contributed by atoms with Crippen molar-refractivity contribution in [2.75, 3.05) is 39.4 Å². The van der Waals surface area contributed by atoms with Gasteiger partial charge in [-0.3, -0.25) is 4.79 Å². The molecule has 0 saturated carbocycles. The van der Waals surface area contributed by atoms with E-state index in [2.05, 4.69) is 0 Å². The van der Waals surface area contributed by atoms with Gasteiger partial charge in [0.25, 0.3) is 5.91 Å². The first-order valence-electron chi connectivity index (χ1n) is 9.20. The minimum atomic E-state index is -0.779. The van der Waals surface area contributed by atoms with Crippen LogP contribution in [0.1, 0.15) is 37.0 Å². The molecule has 27 heavy (non-hydrogen) atoms. The molecule has 0 atom stereocenters. The number of amides is 2. The lowest BCUT2D eigenvalue weighted by atomic mass is 10.1. The van der Waals surface area contributed by atoms with Crippen LogP contribution in [0.25, 0.3) is 0 Å². The molecule has 2 rings (SSSR count). The molecule has 1 aromatic rings. The van der Waals surface area contributed by atoms with Crippen molar-refractivity contribution >= 4 is 18.2 Å². The van der Waals surface area contributed by atoms with Crippen molar-refractivity contribution in [2.24, 2.45) is 0 Å². The van der Waals surface area contributed by atoms with Crippen molar-refractivity contribution in [3.05, 3.63) is 29.8 Å². The van der Waals surface area contributed by atoms with E-state index >= 15 is 0 Å². The quantitative estimate of drug-likeness (QED) is 0.430. The fourth-order valence-corrected chi connectivity index (χ4v) is 2.58. The first-order valence-corrected chi connectivity index (χ1v) is 9.20. The fraction of sp³-hybridized carbons (Fsp3) is 0.526. The summed E-state index contributed by atoms with van der Waals surface area (Å²) < 4.78 is 14.9. The summed E-state index contributed by atoms with van der Waals surface area (Å²) in [6.07, 6.45) is 0.716. The van der Waals surface area contributed by atoms with Gasteiger partial charge in [0.15, 0.2) is 0 Å². The predicted molar refractivity (Wildman–Crippen MR) is 97.8 cm³/mol. The lowest BCUT2D eigenvalue weighted by molar-refractivity contribution is 0.0557. The smallest absolute Gasteiger partial charge is 0.449 e. The average Bonchev–Trinajstić information content (AvgIpc) is 2.68. The lowest BCUT2D eigenvalue weighted by Gasteiger charge is -2.34. The van der Waals surface area contributed by atoms with E-state index in [1.54, 1.807) is 41.0 Å². The van der Waals surface area contributed by atoms with Crippen LogP contribution in [0.2, 0.25) is 0 Å². The van der Waals surface area contributed by atoms with Gasteiger partial charge in [0.2, 0.25) is 0 Å². The van der Waals surface area contributed by atoms with Crippen LogP contribution in [0.4, 0.5) is 9.59 Å². The number of rotatable bonds is 6. The molecule has 1 aliphatic rings. The molecule has 0 bridgehead atoms. The summed E-state index contributed by atoms with van der Waals surface area (Å²) in [5, 5.41) is 0. The standard InChI is InChI=1S/C19H26N2O6/c1-3-5-14-26-18(23)21-12-10-20(11-13-21)17(22)15-6-8-16(9-7-15)27-19(24)25-4-2/h6-9H,3-5,10-14H2,1-2H3. The highest BCUT2D eigenvalue weighted by Crippen LogP contribution is 2.16. The van der Waals surface area contributed by atoms with Crippen LogP contribution >= 0.6 is 0 Å². The Bertz CT molecular complexity index is 638. The van der Waals surface area contributed by atoms with Crippen molar-refractivity contribution in [1.29, 1.82) is 0 Å². The highest BCUT2D eigenvalue weighted by Gasteiger charge is 2.25. The van der Waals surface area contributed by atoms with Crippen molar-refractivity contribution < 1.29 is 28.6 Å². The van der Waals surface area contributed by atoms with Crippen LogP contribution in [0.15, 0.2) is 24.3 Å². The summed E-state index contributed by atoms with van der Waals surface area (Å²) in [5.41, 5.74) is 0.491. The summed E-state index contributed by atoms with van der Waals surface area (Å²) >= 11 is 0. The average molecular weight is 378 g/mol. The SMILES string of the molecule is CCCCOC(=O)N1CCN(C(=O)c2ccc(OC(=O)OCC)cc2)CC1. The number of hydrogen-bond donors (Lipinski definition) is 0. The van der Waals surface area contributed by atoms with Gasteiger partial charge < -0.3 is 24.0 Å². The van der Waals surface area contributed by atoms with Crippen LogP contribution < -0.4 is 4.74 Å². The maximum absolute atomic E-state index is 12.6. The van der Waals surface area contributed by atoms with Gasteiger partial charge in [-0.2, -0.15) is 0 Å². The molecule has 0 unspecified atom stereocenters. The van der Waals surface area contributed by atoms with Gasteiger partial charge in [-0.25, -0.2) is 9.59 Å². The first-order chi connectivity index (χ1) is 13.0. The maximum Gasteiger partial charge on any atom is 0.513 e. The summed E-state index contributed by atoms with van der Waals surface area (Å²) in [7, 11) is 0. The van der Waals surface area contributed by atoms with Gasteiger partial charge >= 0.3 is 12.2 Å². The minimum Gasteiger partial charge on any atom is -0.449 e. The lowest BCUT2D eigenvalue weighted by Crippen LogP contribution is -2.50. The number of carbonyl (C=O) groups is 3. The van der Waals surface area contributed by atoms with E-state index in [4.69, 9.17) is 14.2 Å². The molecule has 0 spiro atoms. The molecule has 0 N–H and O–H groups in total. The molecule has 1 heterocycles. The van der Waals surface area contributed by atoms with Gasteiger partial charge in [0, 0.05) is 31.7 Å². The van der Waals surface area contributed by atoms with Gasteiger partial charge in [0.05, 0.1) is 13.2 Å². The molecule has 0 radical (unpaired) electrons. The monoisotopic (exact) mass is 378 g/mol. The zero-order valence-corrected chi connectivity index (χ0v) is 15.8. The third kappa shape index (κ3) is 6.16. The van der Waals surface area contributed by atoms with E-state index in [1.165, 1.54) is 0 Å². The first kappa shape index (κ1) is 20.5. The second-order valence-corrected chi connectivity index (χ2v) is 6.06. The highest BCUT2D eigenvalue weighted by atomic mass is 16.7. The Labute approximate surface area is 159 Å². The number of carbonyl (C=O) groups excluding carboxylic acids is 3. The van der Waals surface area contributed by atoms with Crippen LogP contribution in [-0.2, 0) is 9.47 Å². The molecular formula is C19H26N2O6. The number of ether oxygens (including phenoxy) is 3. The molecule has 0 aliphatic carbocycles. The normalized spacial score (nSPS) is 13.9. The van der Waals surface area contributed by atoms with Crippen molar-refractivity contribution in [3.63, 3.8) is 0 Å². The number of piperazine rings is 1. The molecule has 2 amide bonds. The third-order valence-electron chi connectivity index (χ3n) is 4.11. The van der Waals surface area contributed by atoms with E-state index in [0.717, 1.165) is 12.8 Å². The van der Waals surface area contributed by atoms with Gasteiger partial charge in [0.1, 0.15) is 5.75 Å². The van der Waals surface area contributed by atoms with E-state index < -0.39 is 6.16 Å². The molecule has 8 nitrogen and oxygen atoms in total. The van der Waals surface area contributed by atoms with Crippen LogP contribution in [0.3, 0.4) is 0 Å². The van der Waals surface area contributed by atoms with Crippen molar-refractivity contribution in [2.45, 2.75) is 26.7 Å². The van der Waals surface area contributed by atoms with Crippen molar-refractivity contribution in [3.8, 4) is 5.75 Å². The molecule has 1 saturated heterocycles. The molecular weight excluding hydrogens is 352 g/mol. The van der Waals surface area contributed by atoms with E-state index in [1.807, 2.05) is 6.92 Å². The molecule has 1 aromatic carbocycles. The number of unbranched alkanes of at least 4 members (excludes halogenated alkanes) is 1. The second-order valence-electron chi connectivity index (χ2n) is 6.06. The fourth-order valence-electron chi connectivity index (χ4n) is 2.58. The van der Waals surface area contributed by atoms with Gasteiger partial charge in [-0.05, 0) is 37.6 Å². The van der Waals surface area contributed by atoms with E-state index in [-0.39, 0.29) is 18.6 Å². The van der Waals surface area contributed by atoms with Crippen LogP contribution in [-0.4, -0.2) is 67.3 Å². The molecule has 8 heteroatoms. The summed E-state index contributed by atoms with van der Waals surface area (Å²) in [6, 6.07) is 6.29.